The Morgan fingerprint density at radius 1 is 0.974 bits per heavy atom. The van der Waals surface area contributed by atoms with Crippen LogP contribution in [0.15, 0.2) is 60.0 Å². The minimum atomic E-state index is -1.07. The molecule has 38 heavy (non-hydrogen) atoms. The normalized spacial score (nSPS) is 11.8. The molecule has 1 atom stereocenters. The molecule has 3 amide bonds. The molecule has 0 aliphatic rings. The molecule has 0 unspecified atom stereocenters. The fraction of sp³-hybridized carbons (Fsp3) is 0.345. The fourth-order valence-electron chi connectivity index (χ4n) is 3.86. The zero-order chi connectivity index (χ0) is 27.9. The van der Waals surface area contributed by atoms with Crippen molar-refractivity contribution in [3.05, 3.63) is 76.0 Å². The first-order chi connectivity index (χ1) is 18.1. The van der Waals surface area contributed by atoms with Crippen molar-refractivity contribution in [2.45, 2.75) is 45.7 Å². The van der Waals surface area contributed by atoms with Crippen molar-refractivity contribution in [2.75, 3.05) is 25.7 Å². The molecule has 0 saturated carbocycles. The number of rotatable bonds is 11. The summed E-state index contributed by atoms with van der Waals surface area (Å²) in [4.78, 5) is 42.5. The van der Waals surface area contributed by atoms with E-state index in [0.717, 1.165) is 5.56 Å². The van der Waals surface area contributed by atoms with Crippen LogP contribution in [0.5, 0.6) is 11.5 Å². The maximum absolute atomic E-state index is 14.0. The molecule has 0 spiro atoms. The maximum Gasteiger partial charge on any atom is 0.261 e. The van der Waals surface area contributed by atoms with Gasteiger partial charge in [0.25, 0.3) is 5.91 Å². The summed E-state index contributed by atoms with van der Waals surface area (Å²) in [6.45, 7) is 7.44. The molecule has 0 radical (unpaired) electrons. The lowest BCUT2D eigenvalue weighted by molar-refractivity contribution is -0.127. The summed E-state index contributed by atoms with van der Waals surface area (Å²) in [5.74, 6) is -0.549. The third-order valence-corrected chi connectivity index (χ3v) is 7.17. The Morgan fingerprint density at radius 2 is 1.61 bits per heavy atom. The highest BCUT2D eigenvalue weighted by molar-refractivity contribution is 7.12. The molecule has 202 valence electrons. The third kappa shape index (κ3) is 6.72. The molecule has 3 rings (SSSR count). The molecule has 1 aromatic heterocycles. The summed E-state index contributed by atoms with van der Waals surface area (Å²) in [5, 5.41) is 7.56. The second-order valence-electron chi connectivity index (χ2n) is 9.47. The van der Waals surface area contributed by atoms with E-state index in [9.17, 15) is 14.4 Å². The first-order valence-corrected chi connectivity index (χ1v) is 13.2. The fourth-order valence-corrected chi connectivity index (χ4v) is 4.50. The Kier molecular flexibility index (Phi) is 9.52. The summed E-state index contributed by atoms with van der Waals surface area (Å²) < 4.78 is 11.2. The number of amides is 3. The van der Waals surface area contributed by atoms with Gasteiger partial charge in [-0.1, -0.05) is 48.9 Å². The van der Waals surface area contributed by atoms with Crippen LogP contribution in [0.2, 0.25) is 0 Å². The van der Waals surface area contributed by atoms with Gasteiger partial charge in [-0.15, -0.1) is 11.3 Å². The number of carbonyl (C=O) groups is 3. The van der Waals surface area contributed by atoms with Gasteiger partial charge < -0.3 is 20.1 Å². The van der Waals surface area contributed by atoms with Crippen LogP contribution in [-0.4, -0.2) is 44.0 Å². The van der Waals surface area contributed by atoms with E-state index in [4.69, 9.17) is 9.47 Å². The smallest absolute Gasteiger partial charge is 0.261 e. The van der Waals surface area contributed by atoms with Gasteiger partial charge in [0.1, 0.15) is 23.2 Å². The zero-order valence-electron chi connectivity index (χ0n) is 22.7. The number of hydrogen-bond donors (Lipinski definition) is 2. The first kappa shape index (κ1) is 28.7. The summed E-state index contributed by atoms with van der Waals surface area (Å²) in [6, 6.07) is 14.9. The van der Waals surface area contributed by atoms with Gasteiger partial charge in [0, 0.05) is 5.54 Å². The average molecular weight is 538 g/mol. The monoisotopic (exact) mass is 537 g/mol. The van der Waals surface area contributed by atoms with E-state index in [1.807, 2.05) is 52.0 Å². The Labute approximate surface area is 228 Å². The molecule has 0 aliphatic heterocycles. The van der Waals surface area contributed by atoms with Crippen LogP contribution in [0.1, 0.15) is 54.0 Å². The SMILES string of the molecule is CCC(C)(C)NC(=O)[C@H](c1ccc(C)cc1)N(C(=O)CNC(=O)c1cccs1)c1c(OC)cccc1OC. The van der Waals surface area contributed by atoms with Gasteiger partial charge in [0.2, 0.25) is 11.8 Å². The average Bonchev–Trinajstić information content (AvgIpc) is 3.45. The summed E-state index contributed by atoms with van der Waals surface area (Å²) in [5.41, 5.74) is 1.39. The van der Waals surface area contributed by atoms with Gasteiger partial charge in [-0.2, -0.15) is 0 Å². The maximum atomic E-state index is 14.0. The van der Waals surface area contributed by atoms with Crippen LogP contribution in [0.3, 0.4) is 0 Å². The predicted octanol–water partition coefficient (Wildman–Crippen LogP) is 4.88. The molecule has 8 nitrogen and oxygen atoms in total. The van der Waals surface area contributed by atoms with Crippen molar-refractivity contribution in [2.24, 2.45) is 0 Å². The Balaban J connectivity index is 2.16. The van der Waals surface area contributed by atoms with Crippen LogP contribution < -0.4 is 25.0 Å². The molecule has 1 heterocycles. The van der Waals surface area contributed by atoms with Crippen molar-refractivity contribution in [1.82, 2.24) is 10.6 Å². The highest BCUT2D eigenvalue weighted by Crippen LogP contribution is 2.42. The molecule has 0 bridgehead atoms. The largest absolute Gasteiger partial charge is 0.494 e. The number of thiophene rings is 1. The number of anilines is 1. The highest BCUT2D eigenvalue weighted by atomic mass is 32.1. The Bertz CT molecular complexity index is 1230. The second kappa shape index (κ2) is 12.6. The number of nitrogens with one attached hydrogen (secondary N) is 2. The van der Waals surface area contributed by atoms with Gasteiger partial charge in [0.15, 0.2) is 0 Å². The van der Waals surface area contributed by atoms with Gasteiger partial charge in [-0.25, -0.2) is 0 Å². The van der Waals surface area contributed by atoms with E-state index >= 15 is 0 Å². The van der Waals surface area contributed by atoms with Gasteiger partial charge in [-0.05, 0) is 56.3 Å². The lowest BCUT2D eigenvalue weighted by Gasteiger charge is -2.35. The van der Waals surface area contributed by atoms with E-state index in [1.54, 1.807) is 35.7 Å². The number of ether oxygens (including phenoxy) is 2. The molecule has 0 fully saturated rings. The molecule has 3 aromatic rings. The molecular formula is C29H35N3O5S. The van der Waals surface area contributed by atoms with Crippen LogP contribution in [0.4, 0.5) is 5.69 Å². The van der Waals surface area contributed by atoms with E-state index in [1.165, 1.54) is 30.5 Å². The molecule has 2 N–H and O–H groups in total. The van der Waals surface area contributed by atoms with Gasteiger partial charge in [-0.3, -0.25) is 19.3 Å². The minimum absolute atomic E-state index is 0.294. The van der Waals surface area contributed by atoms with Crippen molar-refractivity contribution in [3.8, 4) is 11.5 Å². The standard InChI is InChI=1S/C29H35N3O5S/c1-7-29(3,4)31-28(35)25(20-15-13-19(2)14-16-20)32(26-21(36-5)10-8-11-22(26)37-6)24(33)18-30-27(34)23-12-9-17-38-23/h8-17,25H,7,18H2,1-6H3,(H,30,34)(H,31,35)/t25-/m0/s1. The zero-order valence-corrected chi connectivity index (χ0v) is 23.5. The second-order valence-corrected chi connectivity index (χ2v) is 10.4. The van der Waals surface area contributed by atoms with Crippen LogP contribution in [0, 0.1) is 6.92 Å². The van der Waals surface area contributed by atoms with Crippen molar-refractivity contribution >= 4 is 34.7 Å². The molecule has 9 heteroatoms. The molecule has 2 aromatic carbocycles. The van der Waals surface area contributed by atoms with Crippen molar-refractivity contribution in [3.63, 3.8) is 0 Å². The predicted molar refractivity (Wildman–Crippen MR) is 150 cm³/mol. The third-order valence-electron chi connectivity index (χ3n) is 6.30. The summed E-state index contributed by atoms with van der Waals surface area (Å²) in [7, 11) is 2.97. The Hall–Kier alpha value is -3.85. The Morgan fingerprint density at radius 3 is 2.13 bits per heavy atom. The highest BCUT2D eigenvalue weighted by Gasteiger charge is 2.38. The van der Waals surface area contributed by atoms with E-state index in [0.29, 0.717) is 34.0 Å². The van der Waals surface area contributed by atoms with Crippen LogP contribution >= 0.6 is 11.3 Å². The quantitative estimate of drug-likeness (QED) is 0.363. The van der Waals surface area contributed by atoms with Gasteiger partial charge in [0.05, 0.1) is 25.6 Å². The molecular weight excluding hydrogens is 502 g/mol. The minimum Gasteiger partial charge on any atom is -0.494 e. The van der Waals surface area contributed by atoms with E-state index in [2.05, 4.69) is 10.6 Å². The van der Waals surface area contributed by atoms with Gasteiger partial charge >= 0.3 is 0 Å². The number of para-hydroxylation sites is 1. The van der Waals surface area contributed by atoms with E-state index < -0.39 is 17.5 Å². The van der Waals surface area contributed by atoms with Crippen molar-refractivity contribution in [1.29, 1.82) is 0 Å². The topological polar surface area (TPSA) is 97.0 Å². The number of hydrogen-bond acceptors (Lipinski definition) is 6. The molecule has 0 saturated heterocycles. The summed E-state index contributed by atoms with van der Waals surface area (Å²) in [6.07, 6.45) is 0.683. The van der Waals surface area contributed by atoms with Crippen LogP contribution in [-0.2, 0) is 9.59 Å². The van der Waals surface area contributed by atoms with E-state index in [-0.39, 0.29) is 18.4 Å². The van der Waals surface area contributed by atoms with Crippen LogP contribution in [0.25, 0.3) is 0 Å². The lowest BCUT2D eigenvalue weighted by atomic mass is 9.97. The van der Waals surface area contributed by atoms with Crippen molar-refractivity contribution < 1.29 is 23.9 Å². The molecule has 0 aliphatic carbocycles. The number of carbonyl (C=O) groups excluding carboxylic acids is 3. The number of nitrogens with zero attached hydrogens (tertiary/aromatic N) is 1. The summed E-state index contributed by atoms with van der Waals surface area (Å²) >= 11 is 1.28. The number of methoxy groups -OCH3 is 2. The first-order valence-electron chi connectivity index (χ1n) is 12.3. The lowest BCUT2D eigenvalue weighted by Crippen LogP contribution is -2.52. The number of benzene rings is 2. The number of aryl methyl sites for hydroxylation is 1.